The van der Waals surface area contributed by atoms with E-state index in [2.05, 4.69) is 201 Å². The smallest absolute Gasteiger partial charge is 0.235 e. The number of para-hydroxylation sites is 6. The molecule has 0 bridgehead atoms. The molecular formula is C48H31N4+. The summed E-state index contributed by atoms with van der Waals surface area (Å²) in [6, 6.07) is 59.8. The van der Waals surface area contributed by atoms with Crippen LogP contribution in [-0.4, -0.2) is 20.9 Å². The summed E-state index contributed by atoms with van der Waals surface area (Å²) in [7, 11) is 0. The van der Waals surface area contributed by atoms with E-state index in [1.165, 1.54) is 94.6 Å². The lowest BCUT2D eigenvalue weighted by Gasteiger charge is -2.33. The Labute approximate surface area is 300 Å². The first kappa shape index (κ1) is 27.9. The maximum atomic E-state index is 2.62. The van der Waals surface area contributed by atoms with Crippen molar-refractivity contribution in [2.45, 2.75) is 6.04 Å². The summed E-state index contributed by atoms with van der Waals surface area (Å²) in [5.74, 6) is 0. The van der Waals surface area contributed by atoms with Crippen molar-refractivity contribution in [1.82, 2.24) is 13.7 Å². The molecule has 0 amide bonds. The van der Waals surface area contributed by atoms with Crippen molar-refractivity contribution in [2.75, 3.05) is 4.90 Å². The highest BCUT2D eigenvalue weighted by atomic mass is 15.3. The molecule has 4 heterocycles. The molecule has 0 spiro atoms. The Morgan fingerprint density at radius 2 is 1.12 bits per heavy atom. The van der Waals surface area contributed by atoms with Crippen LogP contribution >= 0.6 is 0 Å². The van der Waals surface area contributed by atoms with E-state index in [4.69, 9.17) is 0 Å². The summed E-state index contributed by atoms with van der Waals surface area (Å²) in [6.45, 7) is 0. The molecule has 2 aliphatic heterocycles. The Kier molecular flexibility index (Phi) is 5.53. The molecule has 1 unspecified atom stereocenters. The lowest BCUT2D eigenvalue weighted by molar-refractivity contribution is 0.934. The third-order valence-electron chi connectivity index (χ3n) is 11.3. The molecule has 4 nitrogen and oxygen atoms in total. The molecule has 9 aromatic rings. The summed E-state index contributed by atoms with van der Waals surface area (Å²) < 4.78 is 7.32. The van der Waals surface area contributed by atoms with Crippen LogP contribution in [0.4, 0.5) is 22.7 Å². The molecule has 3 aliphatic rings. The molecule has 0 fully saturated rings. The molecule has 0 saturated carbocycles. The average molecular weight is 664 g/mol. The number of rotatable bonds is 3. The van der Waals surface area contributed by atoms with Gasteiger partial charge in [0.25, 0.3) is 0 Å². The fourth-order valence-corrected chi connectivity index (χ4v) is 9.31. The Bertz CT molecular complexity index is 3070. The first-order valence-electron chi connectivity index (χ1n) is 18.0. The van der Waals surface area contributed by atoms with Crippen LogP contribution in [0, 0.1) is 0 Å². The number of benzene rings is 7. The highest BCUT2D eigenvalue weighted by molar-refractivity contribution is 6.27. The predicted molar refractivity (Wildman–Crippen MR) is 218 cm³/mol. The minimum atomic E-state index is 0.0423. The van der Waals surface area contributed by atoms with Crippen molar-refractivity contribution in [3.63, 3.8) is 0 Å². The van der Waals surface area contributed by atoms with Crippen molar-refractivity contribution < 1.29 is 0 Å². The summed E-state index contributed by atoms with van der Waals surface area (Å²) in [6.07, 6.45) is 6.90. The van der Waals surface area contributed by atoms with Crippen LogP contribution in [0.15, 0.2) is 182 Å². The van der Waals surface area contributed by atoms with Crippen molar-refractivity contribution in [3.05, 3.63) is 188 Å². The molecule has 52 heavy (non-hydrogen) atoms. The normalized spacial score (nSPS) is 15.8. The second-order valence-corrected chi connectivity index (χ2v) is 13.9. The Morgan fingerprint density at radius 3 is 1.90 bits per heavy atom. The summed E-state index contributed by atoms with van der Waals surface area (Å²) >= 11 is 0. The number of anilines is 2. The molecule has 242 valence electrons. The second-order valence-electron chi connectivity index (χ2n) is 13.9. The molecule has 0 radical (unpaired) electrons. The standard InChI is InChI=1S/C48H31N4/c1-3-14-31(15-4-1)49-39-21-9-7-18-34(39)38-30-33(26-28-41(38)49)51-42-23-11-12-24-43(42)52-47-35(20-13-25-45(47)51)36-27-29-44-46(48(36)52)37-19-8-10-22-40(37)50(44)32-16-5-2-6-17-32/h1-30,47H/q+1. The fourth-order valence-electron chi connectivity index (χ4n) is 9.31. The van der Waals surface area contributed by atoms with Crippen LogP contribution in [0.5, 0.6) is 0 Å². The van der Waals surface area contributed by atoms with E-state index < -0.39 is 0 Å². The highest BCUT2D eigenvalue weighted by Crippen LogP contribution is 2.56. The van der Waals surface area contributed by atoms with Crippen LogP contribution in [0.25, 0.3) is 60.6 Å². The van der Waals surface area contributed by atoms with Crippen LogP contribution in [0.1, 0.15) is 5.56 Å². The van der Waals surface area contributed by atoms with Gasteiger partial charge >= 0.3 is 0 Å². The zero-order valence-corrected chi connectivity index (χ0v) is 28.2. The van der Waals surface area contributed by atoms with Crippen molar-refractivity contribution in [3.8, 4) is 11.4 Å². The first-order chi connectivity index (χ1) is 25.8. The summed E-state index contributed by atoms with van der Waals surface area (Å²) in [5.41, 5.74) is 16.0. The average Bonchev–Trinajstić information content (AvgIpc) is 3.85. The van der Waals surface area contributed by atoms with Gasteiger partial charge in [0.15, 0.2) is 0 Å². The van der Waals surface area contributed by atoms with Crippen molar-refractivity contribution in [1.29, 1.82) is 0 Å². The number of allylic oxidation sites excluding steroid dienone is 2. The summed E-state index contributed by atoms with van der Waals surface area (Å²) in [4.78, 5) is 2.62. The van der Waals surface area contributed by atoms with E-state index in [1.807, 2.05) is 0 Å². The molecule has 0 N–H and O–H groups in total. The van der Waals surface area contributed by atoms with Gasteiger partial charge in [-0.15, -0.1) is 0 Å². The number of nitrogens with zero attached hydrogens (tertiary/aromatic N) is 4. The minimum absolute atomic E-state index is 0.0423. The second kappa shape index (κ2) is 10.3. The van der Waals surface area contributed by atoms with Gasteiger partial charge in [-0.1, -0.05) is 103 Å². The third-order valence-corrected chi connectivity index (χ3v) is 11.3. The molecule has 7 aromatic carbocycles. The Balaban J connectivity index is 1.13. The maximum Gasteiger partial charge on any atom is 0.235 e. The zero-order valence-electron chi connectivity index (χ0n) is 28.2. The molecule has 1 aliphatic carbocycles. The quantitative estimate of drug-likeness (QED) is 0.172. The first-order valence-corrected chi connectivity index (χ1v) is 18.0. The largest absolute Gasteiger partial charge is 0.317 e. The van der Waals surface area contributed by atoms with Crippen LogP contribution < -0.4 is 9.48 Å². The van der Waals surface area contributed by atoms with E-state index in [-0.39, 0.29) is 6.04 Å². The van der Waals surface area contributed by atoms with Gasteiger partial charge in [0.05, 0.1) is 27.8 Å². The van der Waals surface area contributed by atoms with E-state index >= 15 is 0 Å². The molecule has 0 saturated heterocycles. The van der Waals surface area contributed by atoms with Gasteiger partial charge in [0.1, 0.15) is 11.7 Å². The molecule has 12 rings (SSSR count). The Hall–Kier alpha value is -6.91. The van der Waals surface area contributed by atoms with Gasteiger partial charge in [-0.2, -0.15) is 4.58 Å². The molecule has 4 heteroatoms. The van der Waals surface area contributed by atoms with Gasteiger partial charge < -0.3 is 14.0 Å². The molecule has 2 aromatic heterocycles. The van der Waals surface area contributed by atoms with Crippen molar-refractivity contribution >= 4 is 77.6 Å². The van der Waals surface area contributed by atoms with E-state index in [1.54, 1.807) is 0 Å². The van der Waals surface area contributed by atoms with Crippen LogP contribution in [0.2, 0.25) is 0 Å². The molecule has 1 atom stereocenters. The fraction of sp³-hybridized carbons (Fsp3) is 0.0208. The number of hydrogen-bond donors (Lipinski definition) is 0. The Morgan fingerprint density at radius 1 is 0.500 bits per heavy atom. The lowest BCUT2D eigenvalue weighted by atomic mass is 9.92. The third kappa shape index (κ3) is 3.58. The number of fused-ring (bicyclic) bond motifs is 12. The van der Waals surface area contributed by atoms with E-state index in [9.17, 15) is 0 Å². The summed E-state index contributed by atoms with van der Waals surface area (Å²) in [5, 5.41) is 5.07. The van der Waals surface area contributed by atoms with Gasteiger partial charge in [0, 0.05) is 62.8 Å². The zero-order chi connectivity index (χ0) is 33.9. The monoisotopic (exact) mass is 663 g/mol. The van der Waals surface area contributed by atoms with E-state index in [0.717, 1.165) is 0 Å². The maximum absolute atomic E-state index is 2.62. The van der Waals surface area contributed by atoms with Gasteiger partial charge in [0.2, 0.25) is 17.1 Å². The minimum Gasteiger partial charge on any atom is -0.317 e. The number of aromatic nitrogens is 2. The molecular weight excluding hydrogens is 633 g/mol. The predicted octanol–water partition coefficient (Wildman–Crippen LogP) is 11.6. The van der Waals surface area contributed by atoms with Crippen LogP contribution in [-0.2, 0) is 0 Å². The van der Waals surface area contributed by atoms with E-state index in [0.29, 0.717) is 0 Å². The highest BCUT2D eigenvalue weighted by Gasteiger charge is 2.49. The SMILES string of the molecule is C1=CC2=[N+](c3ccc4c(c3)c3ccccc3n4-c3ccccc3)c3ccccc3N3c4c(ccc5c4c4ccccc4n5-c4ccccc4)C(=C1)C23. The van der Waals surface area contributed by atoms with Gasteiger partial charge in [-0.3, -0.25) is 0 Å². The number of hydrogen-bond acceptors (Lipinski definition) is 1. The van der Waals surface area contributed by atoms with Gasteiger partial charge in [-0.25, -0.2) is 0 Å². The van der Waals surface area contributed by atoms with Crippen molar-refractivity contribution in [2.24, 2.45) is 0 Å². The van der Waals surface area contributed by atoms with Crippen LogP contribution in [0.3, 0.4) is 0 Å². The topological polar surface area (TPSA) is 16.1 Å². The van der Waals surface area contributed by atoms with Gasteiger partial charge in [-0.05, 0) is 60.2 Å². The lowest BCUT2D eigenvalue weighted by Crippen LogP contribution is -2.43.